The Balaban J connectivity index is 2.42. The Morgan fingerprint density at radius 3 is 2.74 bits per heavy atom. The highest BCUT2D eigenvalue weighted by atomic mass is 16.5. The van der Waals surface area contributed by atoms with Crippen molar-refractivity contribution in [2.24, 2.45) is 0 Å². The summed E-state index contributed by atoms with van der Waals surface area (Å²) in [6.07, 6.45) is 6.20. The van der Waals surface area contributed by atoms with E-state index in [4.69, 9.17) is 4.74 Å². The number of aliphatic hydroxyl groups is 1. The molecule has 0 spiro atoms. The van der Waals surface area contributed by atoms with Gasteiger partial charge in [-0.3, -0.25) is 4.79 Å². The second-order valence-corrected chi connectivity index (χ2v) is 7.15. The lowest BCUT2D eigenvalue weighted by molar-refractivity contribution is -0.117. The van der Waals surface area contributed by atoms with Gasteiger partial charge >= 0.3 is 5.97 Å². The van der Waals surface area contributed by atoms with Gasteiger partial charge in [0.15, 0.2) is 5.69 Å². The average molecular weight is 421 g/mol. The summed E-state index contributed by atoms with van der Waals surface area (Å²) in [6, 6.07) is 7.36. The Morgan fingerprint density at radius 1 is 1.42 bits per heavy atom. The van der Waals surface area contributed by atoms with E-state index >= 15 is 0 Å². The first-order chi connectivity index (χ1) is 14.8. The molecule has 31 heavy (non-hydrogen) atoms. The smallest absolute Gasteiger partial charge is 0.359 e. The number of fused-ring (bicyclic) bond motifs is 1. The summed E-state index contributed by atoms with van der Waals surface area (Å²) in [5, 5.41) is 15.6. The van der Waals surface area contributed by atoms with Crippen molar-refractivity contribution >= 4 is 29.0 Å². The summed E-state index contributed by atoms with van der Waals surface area (Å²) in [5.74, 6) is 5.25. The maximum atomic E-state index is 12.1. The molecule has 0 bridgehead atoms. The molecule has 1 heterocycles. The Bertz CT molecular complexity index is 1100. The molecule has 7 nitrogen and oxygen atoms in total. The van der Waals surface area contributed by atoms with Crippen LogP contribution in [0, 0.1) is 11.8 Å². The largest absolute Gasteiger partial charge is 0.464 e. The second-order valence-electron chi connectivity index (χ2n) is 7.15. The summed E-state index contributed by atoms with van der Waals surface area (Å²) >= 11 is 0. The summed E-state index contributed by atoms with van der Waals surface area (Å²) < 4.78 is 6.50. The molecule has 0 aliphatic carbocycles. The van der Waals surface area contributed by atoms with Crippen molar-refractivity contribution in [2.75, 3.05) is 20.7 Å². The molecule has 1 atom stereocenters. The zero-order valence-corrected chi connectivity index (χ0v) is 18.3. The van der Waals surface area contributed by atoms with Crippen molar-refractivity contribution in [3.63, 3.8) is 0 Å². The molecule has 2 aromatic rings. The summed E-state index contributed by atoms with van der Waals surface area (Å²) in [5.41, 5.74) is 0.936. The third-order valence-electron chi connectivity index (χ3n) is 4.64. The van der Waals surface area contributed by atoms with Gasteiger partial charge in [-0.2, -0.15) is 5.10 Å². The number of hydrogen-bond donors (Lipinski definition) is 1. The number of ether oxygens (including phenoxy) is 1. The molecule has 162 valence electrons. The number of carbonyl (C=O) groups is 2. The number of allylic oxidation sites excluding steroid dienone is 5. The van der Waals surface area contributed by atoms with Crippen LogP contribution < -0.4 is 0 Å². The summed E-state index contributed by atoms with van der Waals surface area (Å²) in [4.78, 5) is 24.3. The molecule has 0 aliphatic rings. The van der Waals surface area contributed by atoms with Gasteiger partial charge in [-0.25, -0.2) is 9.48 Å². The number of para-hydroxylation sites is 1. The van der Waals surface area contributed by atoms with Crippen molar-refractivity contribution in [1.29, 1.82) is 0 Å². The van der Waals surface area contributed by atoms with Gasteiger partial charge in [0.05, 0.1) is 18.3 Å². The van der Waals surface area contributed by atoms with E-state index in [1.807, 2.05) is 37.3 Å². The number of aromatic nitrogens is 2. The van der Waals surface area contributed by atoms with E-state index in [1.54, 1.807) is 30.8 Å². The lowest BCUT2D eigenvalue weighted by Gasteiger charge is -2.19. The predicted octanol–water partition coefficient (Wildman–Crippen LogP) is 3.03. The fourth-order valence-corrected chi connectivity index (χ4v) is 2.80. The molecule has 1 aromatic heterocycles. The van der Waals surface area contributed by atoms with Gasteiger partial charge in [0, 0.05) is 31.0 Å². The van der Waals surface area contributed by atoms with E-state index in [1.165, 1.54) is 12.0 Å². The molecule has 1 N–H and O–H groups in total. The fraction of sp³-hybridized carbons (Fsp3) is 0.292. The number of methoxy groups -OCH3 is 1. The van der Waals surface area contributed by atoms with E-state index in [2.05, 4.69) is 23.5 Å². The van der Waals surface area contributed by atoms with E-state index in [-0.39, 0.29) is 5.69 Å². The predicted molar refractivity (Wildman–Crippen MR) is 121 cm³/mol. The first-order valence-electron chi connectivity index (χ1n) is 9.74. The minimum Gasteiger partial charge on any atom is -0.464 e. The van der Waals surface area contributed by atoms with Crippen molar-refractivity contribution in [3.8, 4) is 11.8 Å². The quantitative estimate of drug-likeness (QED) is 0.307. The van der Waals surface area contributed by atoms with Gasteiger partial charge in [0.25, 0.3) is 0 Å². The molecule has 0 fully saturated rings. The van der Waals surface area contributed by atoms with E-state index in [9.17, 15) is 14.7 Å². The van der Waals surface area contributed by atoms with Gasteiger partial charge in [0.2, 0.25) is 6.41 Å². The van der Waals surface area contributed by atoms with Gasteiger partial charge < -0.3 is 14.7 Å². The molecule has 2 rings (SSSR count). The molecular weight excluding hydrogens is 394 g/mol. The third kappa shape index (κ3) is 5.93. The maximum absolute atomic E-state index is 12.1. The van der Waals surface area contributed by atoms with Crippen LogP contribution in [0.15, 0.2) is 54.6 Å². The third-order valence-corrected chi connectivity index (χ3v) is 4.64. The molecular formula is C24H27N3O4. The van der Waals surface area contributed by atoms with Crippen LogP contribution in [0.3, 0.4) is 0 Å². The Morgan fingerprint density at radius 2 is 2.13 bits per heavy atom. The lowest BCUT2D eigenvalue weighted by atomic mass is 10.0. The molecule has 1 amide bonds. The molecule has 0 unspecified atom stereocenters. The monoisotopic (exact) mass is 421 g/mol. The second kappa shape index (κ2) is 10.4. The van der Waals surface area contributed by atoms with Gasteiger partial charge in [-0.1, -0.05) is 48.8 Å². The number of hydrogen-bond acceptors (Lipinski definition) is 5. The van der Waals surface area contributed by atoms with Crippen LogP contribution >= 0.6 is 0 Å². The van der Waals surface area contributed by atoms with Gasteiger partial charge in [0.1, 0.15) is 5.60 Å². The number of amides is 1. The standard InChI is InChI=1S/C24H27N3O4/c1-6-18(12-13-24(3,30)14-15-26(4)17-28)16-19(7-2)27-21-11-9-8-10-20(21)22(25-27)23(29)31-5/h6-11,16-17,30H,1,14-15H2,2-5H3/b18-16+,19-7+/t24-/m0/s1. The number of nitrogens with zero attached hydrogens (tertiary/aromatic N) is 3. The van der Waals surface area contributed by atoms with Crippen LogP contribution in [0.2, 0.25) is 0 Å². The van der Waals surface area contributed by atoms with Crippen LogP contribution in [-0.4, -0.2) is 58.5 Å². The molecule has 0 aliphatic heterocycles. The number of carbonyl (C=O) groups excluding carboxylic acids is 2. The maximum Gasteiger partial charge on any atom is 0.359 e. The van der Waals surface area contributed by atoms with Crippen molar-refractivity contribution in [2.45, 2.75) is 25.9 Å². The van der Waals surface area contributed by atoms with E-state index < -0.39 is 11.6 Å². The van der Waals surface area contributed by atoms with Crippen molar-refractivity contribution in [3.05, 3.63) is 60.3 Å². The van der Waals surface area contributed by atoms with Crippen LogP contribution in [0.5, 0.6) is 0 Å². The normalized spacial score (nSPS) is 13.7. The van der Waals surface area contributed by atoms with Gasteiger partial charge in [-0.15, -0.1) is 0 Å². The molecule has 1 aromatic carbocycles. The molecule has 0 saturated carbocycles. The van der Waals surface area contributed by atoms with Gasteiger partial charge in [-0.05, 0) is 26.0 Å². The minimum absolute atomic E-state index is 0.222. The molecule has 0 saturated heterocycles. The minimum atomic E-state index is -1.27. The summed E-state index contributed by atoms with van der Waals surface area (Å²) in [6.45, 7) is 7.63. The zero-order chi connectivity index (χ0) is 23.0. The highest BCUT2D eigenvalue weighted by molar-refractivity contribution is 6.03. The Hall–Kier alpha value is -3.63. The van der Waals surface area contributed by atoms with E-state index in [0.29, 0.717) is 36.0 Å². The highest BCUT2D eigenvalue weighted by Gasteiger charge is 2.19. The topological polar surface area (TPSA) is 84.7 Å². The van der Waals surface area contributed by atoms with E-state index in [0.717, 1.165) is 5.52 Å². The van der Waals surface area contributed by atoms with Crippen LogP contribution in [0.1, 0.15) is 30.8 Å². The molecule has 7 heteroatoms. The van der Waals surface area contributed by atoms with Crippen LogP contribution in [0.4, 0.5) is 0 Å². The van der Waals surface area contributed by atoms with Crippen LogP contribution in [-0.2, 0) is 9.53 Å². The average Bonchev–Trinajstić information content (AvgIpc) is 3.17. The first kappa shape index (κ1) is 23.6. The van der Waals surface area contributed by atoms with Crippen LogP contribution in [0.25, 0.3) is 16.6 Å². The highest BCUT2D eigenvalue weighted by Crippen LogP contribution is 2.23. The lowest BCUT2D eigenvalue weighted by Crippen LogP contribution is -2.29. The number of esters is 1. The zero-order valence-electron chi connectivity index (χ0n) is 18.3. The summed E-state index contributed by atoms with van der Waals surface area (Å²) in [7, 11) is 2.96. The first-order valence-corrected chi connectivity index (χ1v) is 9.74. The number of rotatable bonds is 8. The molecule has 0 radical (unpaired) electrons. The Labute approximate surface area is 182 Å². The van der Waals surface area contributed by atoms with Crippen molar-refractivity contribution in [1.82, 2.24) is 14.7 Å². The van der Waals surface area contributed by atoms with Crippen molar-refractivity contribution < 1.29 is 19.4 Å². The number of benzene rings is 1. The fourth-order valence-electron chi connectivity index (χ4n) is 2.80. The SMILES string of the molecule is C=C/C(C#C[C@](C)(O)CCN(C)C=O)=C\C(=C/C)n1nc(C(=O)OC)c2ccccc21. The Kier molecular flexibility index (Phi) is 7.94.